The molecule has 74 valence electrons. The third kappa shape index (κ3) is 2.88. The summed E-state index contributed by atoms with van der Waals surface area (Å²) in [7, 11) is 0. The second-order valence-corrected chi connectivity index (χ2v) is 3.78. The van der Waals surface area contributed by atoms with Crippen LogP contribution < -0.4 is 0 Å². The van der Waals surface area contributed by atoms with Crippen LogP contribution >= 0.6 is 0 Å². The molecular formula is C13H17N. The van der Waals surface area contributed by atoms with Crippen LogP contribution in [-0.4, -0.2) is 0 Å². The Hall–Kier alpha value is -1.29. The smallest absolute Gasteiger partial charge is 0.0991 e. The summed E-state index contributed by atoms with van der Waals surface area (Å²) in [5, 5.41) is 8.66. The molecule has 0 aliphatic rings. The first-order valence-electron chi connectivity index (χ1n) is 5.28. The van der Waals surface area contributed by atoms with Crippen LogP contribution in [0.2, 0.25) is 0 Å². The number of hydrogen-bond donors (Lipinski definition) is 0. The minimum Gasteiger partial charge on any atom is -0.192 e. The van der Waals surface area contributed by atoms with E-state index in [1.165, 1.54) is 24.8 Å². The standard InChI is InChI=1S/C13H17N/c1-3-4-5-11(2)13-8-6-12(10-14)7-9-13/h6-9,11H,3-5H2,1-2H3. The normalized spacial score (nSPS) is 12.1. The summed E-state index contributed by atoms with van der Waals surface area (Å²) in [6, 6.07) is 10.1. The van der Waals surface area contributed by atoms with Crippen molar-refractivity contribution in [2.75, 3.05) is 0 Å². The fourth-order valence-electron chi connectivity index (χ4n) is 1.56. The second-order valence-electron chi connectivity index (χ2n) is 3.78. The third-order valence-electron chi connectivity index (χ3n) is 2.60. The lowest BCUT2D eigenvalue weighted by Crippen LogP contribution is -1.93. The molecule has 0 amide bonds. The lowest BCUT2D eigenvalue weighted by molar-refractivity contribution is 0.624. The molecule has 1 atom stereocenters. The van der Waals surface area contributed by atoms with Crippen LogP contribution in [0.5, 0.6) is 0 Å². The molecule has 0 N–H and O–H groups in total. The molecule has 0 spiro atoms. The molecule has 14 heavy (non-hydrogen) atoms. The molecule has 0 aliphatic carbocycles. The van der Waals surface area contributed by atoms with Gasteiger partial charge in [-0.2, -0.15) is 5.26 Å². The van der Waals surface area contributed by atoms with Gasteiger partial charge in [-0.05, 0) is 30.0 Å². The van der Waals surface area contributed by atoms with Crippen molar-refractivity contribution in [3.63, 3.8) is 0 Å². The molecule has 1 heteroatoms. The van der Waals surface area contributed by atoms with E-state index >= 15 is 0 Å². The van der Waals surface area contributed by atoms with Gasteiger partial charge in [-0.15, -0.1) is 0 Å². The molecule has 1 aromatic carbocycles. The fourth-order valence-corrected chi connectivity index (χ4v) is 1.56. The van der Waals surface area contributed by atoms with Crippen LogP contribution in [0, 0.1) is 11.3 Å². The fraction of sp³-hybridized carbons (Fsp3) is 0.462. The zero-order valence-corrected chi connectivity index (χ0v) is 8.96. The van der Waals surface area contributed by atoms with Gasteiger partial charge in [-0.1, -0.05) is 38.8 Å². The molecule has 0 fully saturated rings. The minimum absolute atomic E-state index is 0.614. The van der Waals surface area contributed by atoms with E-state index in [1.54, 1.807) is 0 Å². The molecule has 1 rings (SSSR count). The van der Waals surface area contributed by atoms with Crippen LogP contribution in [0.1, 0.15) is 50.2 Å². The first-order valence-corrected chi connectivity index (χ1v) is 5.28. The van der Waals surface area contributed by atoms with Crippen molar-refractivity contribution in [2.24, 2.45) is 0 Å². The van der Waals surface area contributed by atoms with Gasteiger partial charge in [-0.3, -0.25) is 0 Å². The highest BCUT2D eigenvalue weighted by Gasteiger charge is 2.04. The molecule has 1 aromatic rings. The van der Waals surface area contributed by atoms with Crippen molar-refractivity contribution >= 4 is 0 Å². The Bertz CT molecular complexity index is 305. The summed E-state index contributed by atoms with van der Waals surface area (Å²) in [5.41, 5.74) is 2.09. The Balaban J connectivity index is 2.63. The summed E-state index contributed by atoms with van der Waals surface area (Å²) in [4.78, 5) is 0. The van der Waals surface area contributed by atoms with E-state index in [2.05, 4.69) is 32.0 Å². The summed E-state index contributed by atoms with van der Waals surface area (Å²) >= 11 is 0. The average molecular weight is 187 g/mol. The molecule has 0 heterocycles. The van der Waals surface area contributed by atoms with E-state index in [4.69, 9.17) is 5.26 Å². The molecule has 0 bridgehead atoms. The number of rotatable bonds is 4. The van der Waals surface area contributed by atoms with Gasteiger partial charge < -0.3 is 0 Å². The van der Waals surface area contributed by atoms with Crippen molar-refractivity contribution in [2.45, 2.75) is 39.0 Å². The molecule has 0 aliphatic heterocycles. The van der Waals surface area contributed by atoms with Crippen LogP contribution in [-0.2, 0) is 0 Å². The molecule has 1 unspecified atom stereocenters. The van der Waals surface area contributed by atoms with Crippen molar-refractivity contribution in [1.29, 1.82) is 5.26 Å². The quantitative estimate of drug-likeness (QED) is 0.702. The maximum Gasteiger partial charge on any atom is 0.0991 e. The topological polar surface area (TPSA) is 23.8 Å². The lowest BCUT2D eigenvalue weighted by atomic mass is 9.95. The predicted molar refractivity (Wildman–Crippen MR) is 59.1 cm³/mol. The molecule has 0 saturated carbocycles. The number of hydrogen-bond acceptors (Lipinski definition) is 1. The highest BCUT2D eigenvalue weighted by atomic mass is 14.2. The van der Waals surface area contributed by atoms with Crippen molar-refractivity contribution in [1.82, 2.24) is 0 Å². The zero-order valence-electron chi connectivity index (χ0n) is 8.96. The second kappa shape index (κ2) is 5.44. The first kappa shape index (κ1) is 10.8. The number of benzene rings is 1. The monoisotopic (exact) mass is 187 g/mol. The van der Waals surface area contributed by atoms with E-state index in [1.807, 2.05) is 12.1 Å². The van der Waals surface area contributed by atoms with Crippen LogP contribution in [0.15, 0.2) is 24.3 Å². The van der Waals surface area contributed by atoms with Crippen molar-refractivity contribution < 1.29 is 0 Å². The van der Waals surface area contributed by atoms with Gasteiger partial charge in [0.05, 0.1) is 11.6 Å². The molecule has 0 saturated heterocycles. The number of nitrogens with zero attached hydrogens (tertiary/aromatic N) is 1. The Morgan fingerprint density at radius 2 is 1.93 bits per heavy atom. The maximum absolute atomic E-state index is 8.66. The third-order valence-corrected chi connectivity index (χ3v) is 2.60. The predicted octanol–water partition coefficient (Wildman–Crippen LogP) is 3.85. The summed E-state index contributed by atoms with van der Waals surface area (Å²) in [5.74, 6) is 0.614. The SMILES string of the molecule is CCCCC(C)c1ccc(C#N)cc1. The van der Waals surface area contributed by atoms with E-state index in [0.717, 1.165) is 5.56 Å². The highest BCUT2D eigenvalue weighted by Crippen LogP contribution is 2.21. The van der Waals surface area contributed by atoms with Gasteiger partial charge in [0.25, 0.3) is 0 Å². The Morgan fingerprint density at radius 1 is 1.29 bits per heavy atom. The first-order chi connectivity index (χ1) is 6.77. The molecule has 1 nitrogen and oxygen atoms in total. The molecular weight excluding hydrogens is 170 g/mol. The Labute approximate surface area is 86.4 Å². The van der Waals surface area contributed by atoms with Crippen LogP contribution in [0.25, 0.3) is 0 Å². The van der Waals surface area contributed by atoms with Gasteiger partial charge in [-0.25, -0.2) is 0 Å². The lowest BCUT2D eigenvalue weighted by Gasteiger charge is -2.10. The molecule has 0 aromatic heterocycles. The van der Waals surface area contributed by atoms with E-state index in [-0.39, 0.29) is 0 Å². The Kier molecular flexibility index (Phi) is 4.19. The number of nitriles is 1. The molecule has 0 radical (unpaired) electrons. The van der Waals surface area contributed by atoms with Gasteiger partial charge in [0.1, 0.15) is 0 Å². The van der Waals surface area contributed by atoms with Crippen molar-refractivity contribution in [3.05, 3.63) is 35.4 Å². The Morgan fingerprint density at radius 3 is 2.43 bits per heavy atom. The number of unbranched alkanes of at least 4 members (excludes halogenated alkanes) is 1. The van der Waals surface area contributed by atoms with Gasteiger partial charge in [0.2, 0.25) is 0 Å². The summed E-state index contributed by atoms with van der Waals surface area (Å²) in [6.45, 7) is 4.46. The average Bonchev–Trinajstić information content (AvgIpc) is 2.26. The van der Waals surface area contributed by atoms with E-state index < -0.39 is 0 Å². The van der Waals surface area contributed by atoms with E-state index in [9.17, 15) is 0 Å². The highest BCUT2D eigenvalue weighted by molar-refractivity contribution is 5.32. The summed E-state index contributed by atoms with van der Waals surface area (Å²) in [6.07, 6.45) is 3.77. The summed E-state index contributed by atoms with van der Waals surface area (Å²) < 4.78 is 0. The van der Waals surface area contributed by atoms with Crippen LogP contribution in [0.4, 0.5) is 0 Å². The van der Waals surface area contributed by atoms with Gasteiger partial charge in [0, 0.05) is 0 Å². The van der Waals surface area contributed by atoms with Gasteiger partial charge in [0.15, 0.2) is 0 Å². The van der Waals surface area contributed by atoms with Crippen molar-refractivity contribution in [3.8, 4) is 6.07 Å². The largest absolute Gasteiger partial charge is 0.192 e. The van der Waals surface area contributed by atoms with Gasteiger partial charge >= 0.3 is 0 Å². The zero-order chi connectivity index (χ0) is 10.4. The van der Waals surface area contributed by atoms with Crippen LogP contribution in [0.3, 0.4) is 0 Å². The minimum atomic E-state index is 0.614. The maximum atomic E-state index is 8.66. The van der Waals surface area contributed by atoms with E-state index in [0.29, 0.717) is 5.92 Å².